The molecule has 0 radical (unpaired) electrons. The van der Waals surface area contributed by atoms with Crippen LogP contribution in [-0.2, 0) is 9.53 Å². The van der Waals surface area contributed by atoms with E-state index >= 15 is 0 Å². The number of Topliss-reactive ketones (excluding diaryl/α,β-unsaturated/α-hetero) is 1. The third-order valence-electron chi connectivity index (χ3n) is 8.66. The maximum Gasteiger partial charge on any atom is 0.338 e. The number of hydrogen-bond acceptors (Lipinski definition) is 3. The molecular formula is C28H32O3. The van der Waals surface area contributed by atoms with Crippen LogP contribution in [0.25, 0.3) is 0 Å². The molecule has 0 bridgehead atoms. The van der Waals surface area contributed by atoms with Gasteiger partial charge in [0.1, 0.15) is 6.10 Å². The Labute approximate surface area is 185 Å². The van der Waals surface area contributed by atoms with E-state index in [0.717, 1.165) is 50.5 Å². The smallest absolute Gasteiger partial charge is 0.338 e. The van der Waals surface area contributed by atoms with Crippen molar-refractivity contribution in [3.8, 4) is 0 Å². The summed E-state index contributed by atoms with van der Waals surface area (Å²) in [5, 5.41) is 0. The molecule has 1 aromatic carbocycles. The topological polar surface area (TPSA) is 43.4 Å². The predicted octanol–water partition coefficient (Wildman–Crippen LogP) is 6.36. The second-order valence-corrected chi connectivity index (χ2v) is 10.3. The summed E-state index contributed by atoms with van der Waals surface area (Å²) in [6.45, 7) is 6.43. The van der Waals surface area contributed by atoms with Crippen LogP contribution >= 0.6 is 0 Å². The Hall–Kier alpha value is -2.42. The minimum Gasteiger partial charge on any atom is -0.458 e. The molecular weight excluding hydrogens is 384 g/mol. The molecule has 1 fully saturated rings. The fourth-order valence-electron chi connectivity index (χ4n) is 6.91. The average molecular weight is 417 g/mol. The van der Waals surface area contributed by atoms with Crippen molar-refractivity contribution in [1.82, 2.24) is 0 Å². The fourth-order valence-corrected chi connectivity index (χ4v) is 6.91. The maximum atomic E-state index is 12.5. The maximum absolute atomic E-state index is 12.5. The van der Waals surface area contributed by atoms with Crippen molar-refractivity contribution in [1.29, 1.82) is 0 Å². The van der Waals surface area contributed by atoms with Gasteiger partial charge in [-0.3, -0.25) is 4.79 Å². The molecule has 4 aliphatic carbocycles. The van der Waals surface area contributed by atoms with Gasteiger partial charge in [-0.05, 0) is 69.1 Å². The van der Waals surface area contributed by atoms with Crippen molar-refractivity contribution < 1.29 is 14.3 Å². The van der Waals surface area contributed by atoms with Crippen LogP contribution in [0.15, 0.2) is 64.8 Å². The summed E-state index contributed by atoms with van der Waals surface area (Å²) < 4.78 is 5.89. The quantitative estimate of drug-likeness (QED) is 0.425. The fraction of sp³-hybridized carbons (Fsp3) is 0.500. The predicted molar refractivity (Wildman–Crippen MR) is 122 cm³/mol. The third kappa shape index (κ3) is 3.16. The summed E-state index contributed by atoms with van der Waals surface area (Å²) in [5.41, 5.74) is 6.44. The molecule has 0 spiro atoms. The summed E-state index contributed by atoms with van der Waals surface area (Å²) in [6, 6.07) is 9.29. The number of rotatable bonds is 3. The lowest BCUT2D eigenvalue weighted by Gasteiger charge is -2.51. The van der Waals surface area contributed by atoms with Gasteiger partial charge in [-0.15, -0.1) is 0 Å². The van der Waals surface area contributed by atoms with Crippen molar-refractivity contribution in [3.05, 3.63) is 70.3 Å². The molecule has 3 nitrogen and oxygen atoms in total. The molecule has 0 heterocycles. The summed E-state index contributed by atoms with van der Waals surface area (Å²) in [6.07, 6.45) is 11.5. The van der Waals surface area contributed by atoms with Gasteiger partial charge in [-0.2, -0.15) is 0 Å². The van der Waals surface area contributed by atoms with Gasteiger partial charge in [-0.25, -0.2) is 4.79 Å². The zero-order valence-corrected chi connectivity index (χ0v) is 18.9. The molecule has 3 heteroatoms. The molecule has 0 saturated heterocycles. The minimum absolute atomic E-state index is 0.00872. The van der Waals surface area contributed by atoms with Crippen LogP contribution in [0.2, 0.25) is 0 Å². The standard InChI is InChI=1S/C28H32O3/c1-18(29)23-11-12-24-22-10-9-20-17-21(31-26(30)19-7-5-4-6-8-19)13-15-27(20,2)25(22)14-16-28(23,24)3/h4-9,11,21,24H,10,12-17H2,1-3H3. The monoisotopic (exact) mass is 416 g/mol. The summed E-state index contributed by atoms with van der Waals surface area (Å²) in [4.78, 5) is 24.8. The molecule has 1 saturated carbocycles. The lowest BCUT2D eigenvalue weighted by atomic mass is 9.54. The Balaban J connectivity index is 1.35. The van der Waals surface area contributed by atoms with Gasteiger partial charge in [-0.1, -0.05) is 60.9 Å². The second-order valence-electron chi connectivity index (χ2n) is 10.3. The summed E-state index contributed by atoms with van der Waals surface area (Å²) in [5.74, 6) is 0.499. The first kappa shape index (κ1) is 20.5. The highest BCUT2D eigenvalue weighted by atomic mass is 16.5. The molecule has 0 amide bonds. The van der Waals surface area contributed by atoms with Gasteiger partial charge in [0.15, 0.2) is 5.78 Å². The largest absolute Gasteiger partial charge is 0.458 e. The lowest BCUT2D eigenvalue weighted by Crippen LogP contribution is -2.41. The minimum atomic E-state index is -0.215. The Kier molecular flexibility index (Phi) is 4.84. The zero-order valence-electron chi connectivity index (χ0n) is 18.9. The Morgan fingerprint density at radius 3 is 2.58 bits per heavy atom. The number of benzene rings is 1. The molecule has 5 rings (SSSR count). The Morgan fingerprint density at radius 1 is 1.06 bits per heavy atom. The Bertz CT molecular complexity index is 1030. The number of carbonyl (C=O) groups excluding carboxylic acids is 2. The molecule has 31 heavy (non-hydrogen) atoms. The van der Waals surface area contributed by atoms with E-state index in [1.807, 2.05) is 30.3 Å². The van der Waals surface area contributed by atoms with Crippen LogP contribution in [0.5, 0.6) is 0 Å². The first-order valence-electron chi connectivity index (χ1n) is 11.7. The van der Waals surface area contributed by atoms with Crippen LogP contribution in [0.1, 0.15) is 76.1 Å². The summed E-state index contributed by atoms with van der Waals surface area (Å²) in [7, 11) is 0. The molecule has 0 aliphatic heterocycles. The van der Waals surface area contributed by atoms with Crippen LogP contribution < -0.4 is 0 Å². The molecule has 4 atom stereocenters. The van der Waals surface area contributed by atoms with Gasteiger partial charge in [0, 0.05) is 17.3 Å². The average Bonchev–Trinajstić information content (AvgIpc) is 3.12. The number of ether oxygens (including phenoxy) is 1. The number of ketones is 1. The van der Waals surface area contributed by atoms with E-state index in [1.165, 1.54) is 5.57 Å². The van der Waals surface area contributed by atoms with Gasteiger partial charge >= 0.3 is 5.97 Å². The molecule has 4 unspecified atom stereocenters. The van der Waals surface area contributed by atoms with E-state index in [9.17, 15) is 9.59 Å². The SMILES string of the molecule is CC(=O)C1=CCC2C3=C(CCC12C)C1(C)CCC(OC(=O)c2ccccc2)CC1=CC3. The number of fused-ring (bicyclic) bond motifs is 4. The number of hydrogen-bond donors (Lipinski definition) is 0. The van der Waals surface area contributed by atoms with E-state index in [4.69, 9.17) is 4.74 Å². The van der Waals surface area contributed by atoms with Crippen molar-refractivity contribution in [2.45, 2.75) is 71.8 Å². The normalized spacial score (nSPS) is 34.2. The van der Waals surface area contributed by atoms with Crippen molar-refractivity contribution in [2.75, 3.05) is 0 Å². The zero-order chi connectivity index (χ0) is 21.8. The van der Waals surface area contributed by atoms with Crippen LogP contribution in [-0.4, -0.2) is 17.9 Å². The highest BCUT2D eigenvalue weighted by Gasteiger charge is 2.52. The van der Waals surface area contributed by atoms with Crippen molar-refractivity contribution in [3.63, 3.8) is 0 Å². The van der Waals surface area contributed by atoms with E-state index in [0.29, 0.717) is 11.5 Å². The van der Waals surface area contributed by atoms with Crippen LogP contribution in [0, 0.1) is 16.7 Å². The van der Waals surface area contributed by atoms with Crippen molar-refractivity contribution >= 4 is 11.8 Å². The third-order valence-corrected chi connectivity index (χ3v) is 8.66. The lowest BCUT2D eigenvalue weighted by molar-refractivity contribution is -0.114. The molecule has 162 valence electrons. The van der Waals surface area contributed by atoms with Crippen LogP contribution in [0.3, 0.4) is 0 Å². The highest BCUT2D eigenvalue weighted by molar-refractivity contribution is 5.95. The molecule has 0 N–H and O–H groups in total. The van der Waals surface area contributed by atoms with E-state index < -0.39 is 0 Å². The Morgan fingerprint density at radius 2 is 1.84 bits per heavy atom. The van der Waals surface area contributed by atoms with Gasteiger partial charge in [0.25, 0.3) is 0 Å². The molecule has 4 aliphatic rings. The van der Waals surface area contributed by atoms with E-state index in [-0.39, 0.29) is 28.7 Å². The first-order valence-corrected chi connectivity index (χ1v) is 11.7. The summed E-state index contributed by atoms with van der Waals surface area (Å²) >= 11 is 0. The van der Waals surface area contributed by atoms with E-state index in [1.54, 1.807) is 18.1 Å². The van der Waals surface area contributed by atoms with Gasteiger partial charge in [0.2, 0.25) is 0 Å². The molecule has 1 aromatic rings. The molecule has 0 aromatic heterocycles. The highest BCUT2D eigenvalue weighted by Crippen LogP contribution is 2.62. The van der Waals surface area contributed by atoms with Gasteiger partial charge in [0.05, 0.1) is 5.56 Å². The van der Waals surface area contributed by atoms with Crippen molar-refractivity contribution in [2.24, 2.45) is 16.7 Å². The number of esters is 1. The second kappa shape index (κ2) is 7.32. The first-order chi connectivity index (χ1) is 14.8. The van der Waals surface area contributed by atoms with E-state index in [2.05, 4.69) is 26.0 Å². The van der Waals surface area contributed by atoms with Gasteiger partial charge < -0.3 is 4.74 Å². The number of allylic oxidation sites excluding steroid dienone is 5. The number of carbonyl (C=O) groups is 2. The van der Waals surface area contributed by atoms with Crippen LogP contribution in [0.4, 0.5) is 0 Å².